The van der Waals surface area contributed by atoms with Gasteiger partial charge in [-0.25, -0.2) is 4.79 Å². The predicted octanol–water partition coefficient (Wildman–Crippen LogP) is 2.42. The van der Waals surface area contributed by atoms with Gasteiger partial charge in [0.15, 0.2) is 0 Å². The first-order chi connectivity index (χ1) is 10.5. The molecule has 1 atom stereocenters. The number of rotatable bonds is 7. The highest BCUT2D eigenvalue weighted by Gasteiger charge is 2.10. The standard InChI is InChI=1S/C18H21NO3/c1-19(12-15-7-9-16(10-8-15)18(21)22)13-17(20)11-14-5-3-2-4-6-14/h2-10,17,20H,11-13H2,1H3,(H,21,22). The van der Waals surface area contributed by atoms with Crippen molar-refractivity contribution in [3.63, 3.8) is 0 Å². The zero-order valence-electron chi connectivity index (χ0n) is 12.6. The summed E-state index contributed by atoms with van der Waals surface area (Å²) in [6.07, 6.45) is 0.203. The SMILES string of the molecule is CN(Cc1ccc(C(=O)O)cc1)CC(O)Cc1ccccc1. The summed E-state index contributed by atoms with van der Waals surface area (Å²) in [5, 5.41) is 19.0. The predicted molar refractivity (Wildman–Crippen MR) is 85.9 cm³/mol. The minimum Gasteiger partial charge on any atom is -0.478 e. The summed E-state index contributed by atoms with van der Waals surface area (Å²) >= 11 is 0. The van der Waals surface area contributed by atoms with Crippen LogP contribution in [0.3, 0.4) is 0 Å². The minimum atomic E-state index is -0.918. The molecule has 0 bridgehead atoms. The van der Waals surface area contributed by atoms with Gasteiger partial charge in [0.1, 0.15) is 0 Å². The topological polar surface area (TPSA) is 60.8 Å². The van der Waals surface area contributed by atoms with E-state index in [-0.39, 0.29) is 5.56 Å². The number of aliphatic hydroxyl groups excluding tert-OH is 1. The van der Waals surface area contributed by atoms with Crippen LogP contribution in [0.2, 0.25) is 0 Å². The minimum absolute atomic E-state index is 0.288. The number of aliphatic hydroxyl groups is 1. The normalized spacial score (nSPS) is 12.3. The molecular weight excluding hydrogens is 278 g/mol. The summed E-state index contributed by atoms with van der Waals surface area (Å²) in [5.41, 5.74) is 2.43. The molecule has 2 N–H and O–H groups in total. The molecule has 0 aliphatic heterocycles. The monoisotopic (exact) mass is 299 g/mol. The largest absolute Gasteiger partial charge is 0.478 e. The third-order valence-corrected chi connectivity index (χ3v) is 3.49. The first kappa shape index (κ1) is 16.2. The maximum absolute atomic E-state index is 10.8. The molecule has 0 spiro atoms. The second kappa shape index (κ2) is 7.73. The Labute approximate surface area is 130 Å². The highest BCUT2D eigenvalue weighted by atomic mass is 16.4. The van der Waals surface area contributed by atoms with E-state index in [4.69, 9.17) is 5.11 Å². The van der Waals surface area contributed by atoms with E-state index in [1.54, 1.807) is 12.1 Å². The summed E-state index contributed by atoms with van der Waals surface area (Å²) in [7, 11) is 1.94. The van der Waals surface area contributed by atoms with Crippen molar-refractivity contribution >= 4 is 5.97 Å². The molecule has 0 aliphatic rings. The van der Waals surface area contributed by atoms with Crippen LogP contribution in [0.15, 0.2) is 54.6 Å². The van der Waals surface area contributed by atoms with Gasteiger partial charge in [-0.3, -0.25) is 4.90 Å². The van der Waals surface area contributed by atoms with Crippen LogP contribution in [-0.4, -0.2) is 40.8 Å². The van der Waals surface area contributed by atoms with Crippen molar-refractivity contribution in [1.29, 1.82) is 0 Å². The third kappa shape index (κ3) is 4.98. The van der Waals surface area contributed by atoms with Crippen molar-refractivity contribution in [3.05, 3.63) is 71.3 Å². The van der Waals surface area contributed by atoms with Crippen molar-refractivity contribution in [2.75, 3.05) is 13.6 Å². The quantitative estimate of drug-likeness (QED) is 0.824. The van der Waals surface area contributed by atoms with Crippen LogP contribution >= 0.6 is 0 Å². The van der Waals surface area contributed by atoms with E-state index in [1.165, 1.54) is 0 Å². The highest BCUT2D eigenvalue weighted by Crippen LogP contribution is 2.09. The molecule has 4 nitrogen and oxygen atoms in total. The van der Waals surface area contributed by atoms with Crippen molar-refractivity contribution in [2.24, 2.45) is 0 Å². The van der Waals surface area contributed by atoms with Crippen LogP contribution in [0.25, 0.3) is 0 Å². The molecule has 0 aromatic heterocycles. The van der Waals surface area contributed by atoms with Crippen molar-refractivity contribution in [2.45, 2.75) is 19.1 Å². The summed E-state index contributed by atoms with van der Waals surface area (Å²) in [6, 6.07) is 16.7. The molecule has 2 aromatic carbocycles. The van der Waals surface area contributed by atoms with Gasteiger partial charge in [-0.15, -0.1) is 0 Å². The second-order valence-corrected chi connectivity index (χ2v) is 5.54. The van der Waals surface area contributed by atoms with Crippen molar-refractivity contribution in [1.82, 2.24) is 4.90 Å². The number of hydrogen-bond acceptors (Lipinski definition) is 3. The Morgan fingerprint density at radius 3 is 2.27 bits per heavy atom. The summed E-state index contributed by atoms with van der Waals surface area (Å²) in [5.74, 6) is -0.918. The summed E-state index contributed by atoms with van der Waals surface area (Å²) in [6.45, 7) is 1.24. The number of aromatic carboxylic acids is 1. The van der Waals surface area contributed by atoms with Crippen LogP contribution < -0.4 is 0 Å². The zero-order valence-corrected chi connectivity index (χ0v) is 12.6. The smallest absolute Gasteiger partial charge is 0.335 e. The van der Waals surface area contributed by atoms with Gasteiger partial charge in [0.2, 0.25) is 0 Å². The van der Waals surface area contributed by atoms with E-state index in [0.717, 1.165) is 11.1 Å². The second-order valence-electron chi connectivity index (χ2n) is 5.54. The van der Waals surface area contributed by atoms with Crippen LogP contribution in [0.5, 0.6) is 0 Å². The lowest BCUT2D eigenvalue weighted by Crippen LogP contribution is -2.30. The Morgan fingerprint density at radius 2 is 1.68 bits per heavy atom. The molecule has 2 aromatic rings. The van der Waals surface area contributed by atoms with Crippen molar-refractivity contribution in [3.8, 4) is 0 Å². The molecular formula is C18H21NO3. The van der Waals surface area contributed by atoms with Gasteiger partial charge in [-0.1, -0.05) is 42.5 Å². The Morgan fingerprint density at radius 1 is 1.05 bits per heavy atom. The molecule has 4 heteroatoms. The van der Waals surface area contributed by atoms with Gasteiger partial charge in [0, 0.05) is 13.1 Å². The van der Waals surface area contributed by atoms with E-state index in [1.807, 2.05) is 54.4 Å². The average molecular weight is 299 g/mol. The maximum Gasteiger partial charge on any atom is 0.335 e. The Balaban J connectivity index is 1.84. The summed E-state index contributed by atoms with van der Waals surface area (Å²) in [4.78, 5) is 12.8. The average Bonchev–Trinajstić information content (AvgIpc) is 2.48. The lowest BCUT2D eigenvalue weighted by Gasteiger charge is -2.20. The van der Waals surface area contributed by atoms with E-state index in [2.05, 4.69) is 0 Å². The zero-order chi connectivity index (χ0) is 15.9. The first-order valence-electron chi connectivity index (χ1n) is 7.27. The number of carboxylic acid groups (broad SMARTS) is 1. The highest BCUT2D eigenvalue weighted by molar-refractivity contribution is 5.87. The molecule has 1 unspecified atom stereocenters. The van der Waals surface area contributed by atoms with E-state index < -0.39 is 12.1 Å². The molecule has 0 saturated carbocycles. The number of benzene rings is 2. The molecule has 2 rings (SSSR count). The fourth-order valence-corrected chi connectivity index (χ4v) is 2.44. The Kier molecular flexibility index (Phi) is 5.69. The molecule has 0 amide bonds. The molecule has 22 heavy (non-hydrogen) atoms. The van der Waals surface area contributed by atoms with Crippen LogP contribution in [0, 0.1) is 0 Å². The maximum atomic E-state index is 10.8. The van der Waals surface area contributed by atoms with Gasteiger partial charge in [-0.05, 0) is 36.7 Å². The molecule has 0 fully saturated rings. The molecule has 0 aliphatic carbocycles. The van der Waals surface area contributed by atoms with Gasteiger partial charge in [0.25, 0.3) is 0 Å². The number of nitrogens with zero attached hydrogens (tertiary/aromatic N) is 1. The van der Waals surface area contributed by atoms with Crippen LogP contribution in [0.1, 0.15) is 21.5 Å². The third-order valence-electron chi connectivity index (χ3n) is 3.49. The van der Waals surface area contributed by atoms with E-state index in [9.17, 15) is 9.90 Å². The Hall–Kier alpha value is -2.17. The number of carboxylic acids is 1. The van der Waals surface area contributed by atoms with Gasteiger partial charge < -0.3 is 10.2 Å². The Bertz CT molecular complexity index is 595. The van der Waals surface area contributed by atoms with E-state index >= 15 is 0 Å². The fourth-order valence-electron chi connectivity index (χ4n) is 2.44. The first-order valence-corrected chi connectivity index (χ1v) is 7.27. The van der Waals surface area contributed by atoms with Crippen LogP contribution in [0.4, 0.5) is 0 Å². The fraction of sp³-hybridized carbons (Fsp3) is 0.278. The van der Waals surface area contributed by atoms with Gasteiger partial charge >= 0.3 is 5.97 Å². The number of carbonyl (C=O) groups is 1. The molecule has 0 saturated heterocycles. The van der Waals surface area contributed by atoms with Gasteiger partial charge in [0.05, 0.1) is 11.7 Å². The molecule has 116 valence electrons. The number of likely N-dealkylation sites (N-methyl/N-ethyl adjacent to an activating group) is 1. The van der Waals surface area contributed by atoms with Crippen LogP contribution in [-0.2, 0) is 13.0 Å². The number of hydrogen-bond donors (Lipinski definition) is 2. The van der Waals surface area contributed by atoms with E-state index in [0.29, 0.717) is 19.5 Å². The molecule has 0 heterocycles. The lowest BCUT2D eigenvalue weighted by molar-refractivity contribution is 0.0697. The van der Waals surface area contributed by atoms with Crippen molar-refractivity contribution < 1.29 is 15.0 Å². The van der Waals surface area contributed by atoms with Gasteiger partial charge in [-0.2, -0.15) is 0 Å². The summed E-state index contributed by atoms with van der Waals surface area (Å²) < 4.78 is 0. The lowest BCUT2D eigenvalue weighted by atomic mass is 10.1. The molecule has 0 radical (unpaired) electrons.